The maximum atomic E-state index is 13.2. The van der Waals surface area contributed by atoms with E-state index < -0.39 is 40.2 Å². The van der Waals surface area contributed by atoms with Crippen molar-refractivity contribution in [2.75, 3.05) is 10.2 Å². The zero-order valence-corrected chi connectivity index (χ0v) is 20.9. The molecule has 0 unspecified atom stereocenters. The lowest BCUT2D eigenvalue weighted by Crippen LogP contribution is -2.32. The topological polar surface area (TPSA) is 75.7 Å². The number of ether oxygens (including phenoxy) is 1. The SMILES string of the molecule is Cc1cc(Cl)ccc1OC(=O)c1ccc(NC2=C(Cl)C(=O)N(c3cc(C(F)(F)F)ccc3Cl)C2=O)cc1. The normalized spacial score (nSPS) is 13.9. The molecule has 4 rings (SSSR count). The van der Waals surface area contributed by atoms with Crippen molar-refractivity contribution in [1.29, 1.82) is 0 Å². The summed E-state index contributed by atoms with van der Waals surface area (Å²) in [7, 11) is 0. The second kappa shape index (κ2) is 10.1. The number of alkyl halides is 3. The molecule has 1 heterocycles. The average Bonchev–Trinajstić information content (AvgIpc) is 3.04. The lowest BCUT2D eigenvalue weighted by molar-refractivity contribution is -0.137. The van der Waals surface area contributed by atoms with Crippen molar-refractivity contribution in [1.82, 2.24) is 0 Å². The van der Waals surface area contributed by atoms with Crippen molar-refractivity contribution in [3.05, 3.63) is 98.1 Å². The molecule has 1 N–H and O–H groups in total. The smallest absolute Gasteiger partial charge is 0.416 e. The Balaban J connectivity index is 1.52. The van der Waals surface area contributed by atoms with Crippen LogP contribution in [-0.4, -0.2) is 17.8 Å². The number of hydrogen-bond donors (Lipinski definition) is 1. The molecule has 0 aliphatic carbocycles. The first-order valence-electron chi connectivity index (χ1n) is 10.4. The van der Waals surface area contributed by atoms with Crippen LogP contribution in [0.3, 0.4) is 0 Å². The second-order valence-electron chi connectivity index (χ2n) is 7.80. The number of hydrogen-bond acceptors (Lipinski definition) is 5. The first-order valence-corrected chi connectivity index (χ1v) is 11.5. The van der Waals surface area contributed by atoms with Crippen LogP contribution in [0.15, 0.2) is 71.4 Å². The van der Waals surface area contributed by atoms with E-state index in [1.807, 2.05) is 0 Å². The second-order valence-corrected chi connectivity index (χ2v) is 9.02. The average molecular weight is 570 g/mol. The summed E-state index contributed by atoms with van der Waals surface area (Å²) in [5, 5.41) is 2.37. The van der Waals surface area contributed by atoms with Gasteiger partial charge in [-0.25, -0.2) is 9.69 Å². The van der Waals surface area contributed by atoms with Gasteiger partial charge in [0.05, 0.1) is 21.8 Å². The van der Waals surface area contributed by atoms with Gasteiger partial charge in [0.25, 0.3) is 11.8 Å². The minimum absolute atomic E-state index is 0.186. The number of rotatable bonds is 5. The van der Waals surface area contributed by atoms with Crippen LogP contribution < -0.4 is 15.0 Å². The number of halogens is 6. The zero-order chi connectivity index (χ0) is 27.1. The molecule has 6 nitrogen and oxygen atoms in total. The molecule has 37 heavy (non-hydrogen) atoms. The molecule has 0 spiro atoms. The van der Waals surface area contributed by atoms with E-state index in [0.717, 1.165) is 12.1 Å². The van der Waals surface area contributed by atoms with E-state index in [1.165, 1.54) is 24.3 Å². The summed E-state index contributed by atoms with van der Waals surface area (Å²) in [5.74, 6) is -2.37. The van der Waals surface area contributed by atoms with Crippen LogP contribution in [-0.2, 0) is 15.8 Å². The number of carbonyl (C=O) groups excluding carboxylic acids is 3. The largest absolute Gasteiger partial charge is 0.423 e. The van der Waals surface area contributed by atoms with E-state index in [2.05, 4.69) is 5.32 Å². The van der Waals surface area contributed by atoms with Crippen LogP contribution in [0.1, 0.15) is 21.5 Å². The third-order valence-electron chi connectivity index (χ3n) is 5.27. The quantitative estimate of drug-likeness (QED) is 0.204. The highest BCUT2D eigenvalue weighted by Gasteiger charge is 2.41. The fraction of sp³-hybridized carbons (Fsp3) is 0.0800. The van der Waals surface area contributed by atoms with E-state index in [4.69, 9.17) is 39.5 Å². The number of aryl methyl sites for hydroxylation is 1. The van der Waals surface area contributed by atoms with Gasteiger partial charge in [0.1, 0.15) is 16.5 Å². The van der Waals surface area contributed by atoms with E-state index in [-0.39, 0.29) is 22.0 Å². The van der Waals surface area contributed by atoms with Crippen molar-refractivity contribution in [3.63, 3.8) is 0 Å². The standard InChI is InChI=1S/C25H14Cl3F3N2O4/c1-12-10-15(26)5-9-19(12)37-24(36)13-2-6-16(7-3-13)32-21-20(28)22(34)33(23(21)35)18-11-14(25(29,30)31)4-8-17(18)27/h2-11,32H,1H3. The summed E-state index contributed by atoms with van der Waals surface area (Å²) in [5.41, 5.74) is -0.808. The minimum Gasteiger partial charge on any atom is -0.423 e. The van der Waals surface area contributed by atoms with Crippen LogP contribution in [0.5, 0.6) is 5.75 Å². The van der Waals surface area contributed by atoms with Crippen molar-refractivity contribution < 1.29 is 32.3 Å². The lowest BCUT2D eigenvalue weighted by atomic mass is 10.1. The molecule has 190 valence electrons. The molecular weight excluding hydrogens is 556 g/mol. The Morgan fingerprint density at radius 3 is 2.22 bits per heavy atom. The molecule has 1 aliphatic heterocycles. The number of anilines is 2. The lowest BCUT2D eigenvalue weighted by Gasteiger charge is -2.18. The molecule has 1 aliphatic rings. The van der Waals surface area contributed by atoms with Crippen LogP contribution in [0.4, 0.5) is 24.5 Å². The third-order valence-corrected chi connectivity index (χ3v) is 6.18. The van der Waals surface area contributed by atoms with E-state index in [9.17, 15) is 27.6 Å². The summed E-state index contributed by atoms with van der Waals surface area (Å²) < 4.78 is 44.8. The number of nitrogens with one attached hydrogen (secondary N) is 1. The van der Waals surface area contributed by atoms with Gasteiger partial charge in [0.15, 0.2) is 0 Å². The molecule has 3 aromatic rings. The fourth-order valence-electron chi connectivity index (χ4n) is 3.41. The zero-order valence-electron chi connectivity index (χ0n) is 18.6. The number of imide groups is 1. The van der Waals surface area contributed by atoms with Crippen LogP contribution >= 0.6 is 34.8 Å². The van der Waals surface area contributed by atoms with Gasteiger partial charge in [-0.05, 0) is 73.2 Å². The van der Waals surface area contributed by atoms with Crippen LogP contribution in [0, 0.1) is 6.92 Å². The molecule has 2 amide bonds. The highest BCUT2D eigenvalue weighted by Crippen LogP contribution is 2.39. The van der Waals surface area contributed by atoms with Gasteiger partial charge in [-0.15, -0.1) is 0 Å². The Morgan fingerprint density at radius 1 is 0.919 bits per heavy atom. The Hall–Kier alpha value is -3.53. The fourth-order valence-corrected chi connectivity index (χ4v) is 4.05. The highest BCUT2D eigenvalue weighted by atomic mass is 35.5. The number of carbonyl (C=O) groups is 3. The third kappa shape index (κ3) is 5.44. The molecule has 3 aromatic carbocycles. The molecule has 0 bridgehead atoms. The molecule has 0 radical (unpaired) electrons. The predicted molar refractivity (Wildman–Crippen MR) is 133 cm³/mol. The predicted octanol–water partition coefficient (Wildman–Crippen LogP) is 6.98. The van der Waals surface area contributed by atoms with Crippen molar-refractivity contribution in [3.8, 4) is 5.75 Å². The van der Waals surface area contributed by atoms with Gasteiger partial charge in [0, 0.05) is 10.7 Å². The summed E-state index contributed by atoms with van der Waals surface area (Å²) >= 11 is 17.9. The van der Waals surface area contributed by atoms with Crippen molar-refractivity contribution in [2.24, 2.45) is 0 Å². The molecule has 0 saturated carbocycles. The Labute approximate surface area is 223 Å². The van der Waals surface area contributed by atoms with Gasteiger partial charge in [-0.2, -0.15) is 13.2 Å². The van der Waals surface area contributed by atoms with E-state index in [1.54, 1.807) is 25.1 Å². The number of benzene rings is 3. The molecule has 0 fully saturated rings. The number of nitrogens with zero attached hydrogens (tertiary/aromatic N) is 1. The summed E-state index contributed by atoms with van der Waals surface area (Å²) in [4.78, 5) is 38.6. The first kappa shape index (κ1) is 26.5. The monoisotopic (exact) mass is 568 g/mol. The van der Waals surface area contributed by atoms with Gasteiger partial charge in [-0.1, -0.05) is 34.8 Å². The van der Waals surface area contributed by atoms with Crippen molar-refractivity contribution >= 4 is 64.0 Å². The summed E-state index contributed by atoms with van der Waals surface area (Å²) in [6.45, 7) is 1.73. The summed E-state index contributed by atoms with van der Waals surface area (Å²) in [6, 6.07) is 12.7. The van der Waals surface area contributed by atoms with E-state index >= 15 is 0 Å². The van der Waals surface area contributed by atoms with Crippen LogP contribution in [0.25, 0.3) is 0 Å². The highest BCUT2D eigenvalue weighted by molar-refractivity contribution is 6.53. The van der Waals surface area contributed by atoms with Crippen molar-refractivity contribution in [2.45, 2.75) is 13.1 Å². The molecule has 0 saturated heterocycles. The van der Waals surface area contributed by atoms with Gasteiger partial charge in [-0.3, -0.25) is 9.59 Å². The van der Waals surface area contributed by atoms with E-state index in [0.29, 0.717) is 27.3 Å². The maximum absolute atomic E-state index is 13.2. The first-order chi connectivity index (χ1) is 17.4. The van der Waals surface area contributed by atoms with Gasteiger partial charge in [0.2, 0.25) is 0 Å². The Morgan fingerprint density at radius 2 is 1.59 bits per heavy atom. The van der Waals surface area contributed by atoms with Crippen LogP contribution in [0.2, 0.25) is 10.0 Å². The minimum atomic E-state index is -4.72. The Kier molecular flexibility index (Phi) is 7.23. The molecule has 0 atom stereocenters. The van der Waals surface area contributed by atoms with Gasteiger partial charge < -0.3 is 10.1 Å². The summed E-state index contributed by atoms with van der Waals surface area (Å²) in [6.07, 6.45) is -4.72. The molecular formula is C25H14Cl3F3N2O4. The number of amides is 2. The molecule has 0 aromatic heterocycles. The maximum Gasteiger partial charge on any atom is 0.416 e. The molecule has 12 heteroatoms. The van der Waals surface area contributed by atoms with Gasteiger partial charge >= 0.3 is 12.1 Å². The Bertz CT molecular complexity index is 1470. The number of esters is 1.